The second-order valence-electron chi connectivity index (χ2n) is 26.2. The van der Waals surface area contributed by atoms with Gasteiger partial charge in [-0.05, 0) is 115 Å². The van der Waals surface area contributed by atoms with Gasteiger partial charge in [-0.3, -0.25) is 62.7 Å². The molecule has 1 aliphatic heterocycles. The summed E-state index contributed by atoms with van der Waals surface area (Å²) in [4.78, 5) is 175. The molecule has 10 atom stereocenters. The minimum absolute atomic E-state index is 0.00805. The summed E-state index contributed by atoms with van der Waals surface area (Å²) in [6.07, 6.45) is 3.24. The monoisotopic (exact) mass is 1390 g/mol. The number of carbonyl (C=O) groups excluding carboxylic acids is 12. The summed E-state index contributed by atoms with van der Waals surface area (Å²) < 4.78 is 0. The first-order chi connectivity index (χ1) is 46.8. The predicted molar refractivity (Wildman–Crippen MR) is 371 cm³/mol. The molecule has 19 N–H and O–H groups in total. The zero-order chi connectivity index (χ0) is 73.1. The van der Waals surface area contributed by atoms with Gasteiger partial charge in [0, 0.05) is 63.2 Å². The normalized spacial score (nSPS) is 15.5. The van der Waals surface area contributed by atoms with Gasteiger partial charge in [0.15, 0.2) is 5.96 Å². The van der Waals surface area contributed by atoms with Crippen molar-refractivity contribution in [2.75, 3.05) is 26.2 Å². The number of aromatic nitrogens is 1. The van der Waals surface area contributed by atoms with Crippen LogP contribution in [0.4, 0.5) is 4.79 Å². The topological polar surface area (TPSA) is 478 Å². The Labute approximate surface area is 580 Å². The number of carbonyl (C=O) groups is 12. The Morgan fingerprint density at radius 3 is 1.72 bits per heavy atom. The van der Waals surface area contributed by atoms with Crippen molar-refractivity contribution >= 4 is 99.3 Å². The van der Waals surface area contributed by atoms with Gasteiger partial charge < -0.3 is 86.1 Å². The maximum Gasteiger partial charge on any atom is 0.312 e. The number of nitrogens with zero attached hydrogens (tertiary/aromatic N) is 3. The third-order valence-electron chi connectivity index (χ3n) is 16.1. The smallest absolute Gasteiger partial charge is 0.312 e. The van der Waals surface area contributed by atoms with Crippen LogP contribution in [0.25, 0.3) is 10.8 Å². The van der Waals surface area contributed by atoms with Gasteiger partial charge in [-0.1, -0.05) is 107 Å². The van der Waals surface area contributed by atoms with Crippen LogP contribution in [0.2, 0.25) is 5.02 Å². The third kappa shape index (κ3) is 27.1. The lowest BCUT2D eigenvalue weighted by molar-refractivity contribution is -0.142. The largest absolute Gasteiger partial charge is 0.394 e. The van der Waals surface area contributed by atoms with E-state index >= 15 is 0 Å². The van der Waals surface area contributed by atoms with Crippen molar-refractivity contribution in [1.82, 2.24) is 63.1 Å². The lowest BCUT2D eigenvalue weighted by Crippen LogP contribution is -2.61. The summed E-state index contributed by atoms with van der Waals surface area (Å²) in [5, 5.41) is 39.5. The number of pyridine rings is 1. The Balaban J connectivity index is 1.39. The van der Waals surface area contributed by atoms with E-state index in [4.69, 9.17) is 34.5 Å². The molecular weight excluding hydrogens is 1300 g/mol. The van der Waals surface area contributed by atoms with E-state index in [9.17, 15) is 62.6 Å². The number of hydrogen-bond donors (Lipinski definition) is 15. The highest BCUT2D eigenvalue weighted by molar-refractivity contribution is 6.30. The highest BCUT2D eigenvalue weighted by Gasteiger charge is 2.41. The van der Waals surface area contributed by atoms with Crippen LogP contribution in [-0.2, 0) is 72.0 Å². The van der Waals surface area contributed by atoms with E-state index in [1.54, 1.807) is 71.0 Å². The predicted octanol–water partition coefficient (Wildman–Crippen LogP) is -0.228. The second-order valence-corrected chi connectivity index (χ2v) is 26.7. The molecule has 0 unspecified atom stereocenters. The number of nitrogens with two attached hydrogens (primary N) is 4. The van der Waals surface area contributed by atoms with Crippen LogP contribution in [0.15, 0.2) is 96.2 Å². The number of nitrogens with one attached hydrogen (secondary N) is 10. The number of fused-ring (bicyclic) bond motifs is 1. The number of aliphatic imine (C=N–C) groups is 1. The fourth-order valence-electron chi connectivity index (χ4n) is 11.1. The number of benzene rings is 3. The van der Waals surface area contributed by atoms with Crippen molar-refractivity contribution in [2.45, 2.75) is 180 Å². The van der Waals surface area contributed by atoms with E-state index in [1.807, 2.05) is 42.5 Å². The Morgan fingerprint density at radius 2 is 1.13 bits per heavy atom. The summed E-state index contributed by atoms with van der Waals surface area (Å²) in [6.45, 7) is 10.6. The van der Waals surface area contributed by atoms with Gasteiger partial charge in [-0.2, -0.15) is 0 Å². The number of amides is 13. The first kappa shape index (κ1) is 79.7. The average Bonchev–Trinajstić information content (AvgIpc) is 1.82. The molecule has 0 spiro atoms. The molecule has 1 aliphatic rings. The first-order valence-corrected chi connectivity index (χ1v) is 33.3. The number of guanidine groups is 1. The molecule has 0 radical (unpaired) electrons. The molecule has 99 heavy (non-hydrogen) atoms. The summed E-state index contributed by atoms with van der Waals surface area (Å²) in [5.41, 5.74) is 22.8. The highest BCUT2D eigenvalue weighted by Crippen LogP contribution is 2.24. The van der Waals surface area contributed by atoms with Gasteiger partial charge >= 0.3 is 6.03 Å². The van der Waals surface area contributed by atoms with E-state index in [0.717, 1.165) is 10.8 Å². The number of aliphatic hydroxyl groups is 1. The van der Waals surface area contributed by atoms with Gasteiger partial charge in [-0.15, -0.1) is 0 Å². The molecule has 30 nitrogen and oxygen atoms in total. The lowest BCUT2D eigenvalue weighted by atomic mass is 9.87. The highest BCUT2D eigenvalue weighted by atomic mass is 35.5. The number of primary amides is 2. The van der Waals surface area contributed by atoms with Crippen LogP contribution in [0, 0.1) is 11.3 Å². The van der Waals surface area contributed by atoms with Gasteiger partial charge in [0.1, 0.15) is 60.4 Å². The maximum absolute atomic E-state index is 14.8. The van der Waals surface area contributed by atoms with Crippen LogP contribution >= 0.6 is 11.6 Å². The summed E-state index contributed by atoms with van der Waals surface area (Å²) in [6, 6.07) is 8.56. The number of halogens is 1. The Kier molecular flexibility index (Phi) is 31.3. The van der Waals surface area contributed by atoms with Crippen molar-refractivity contribution in [1.29, 1.82) is 0 Å². The van der Waals surface area contributed by atoms with Crippen LogP contribution < -0.4 is 76.1 Å². The third-order valence-corrected chi connectivity index (χ3v) is 16.4. The number of rotatable bonds is 37. The molecule has 1 fully saturated rings. The number of hydrogen-bond acceptors (Lipinski definition) is 15. The fourth-order valence-corrected chi connectivity index (χ4v) is 11.3. The molecule has 13 amide bonds. The first-order valence-electron chi connectivity index (χ1n) is 32.9. The Bertz CT molecular complexity index is 3500. The minimum Gasteiger partial charge on any atom is -0.394 e. The molecule has 538 valence electrons. The van der Waals surface area contributed by atoms with Crippen LogP contribution in [0.3, 0.4) is 0 Å². The average molecular weight is 1400 g/mol. The molecule has 0 aliphatic carbocycles. The molecule has 1 saturated heterocycles. The molecule has 2 heterocycles. The minimum atomic E-state index is -1.78. The summed E-state index contributed by atoms with van der Waals surface area (Å²) >= 11 is 6.22. The van der Waals surface area contributed by atoms with E-state index in [-0.39, 0.29) is 95.7 Å². The lowest BCUT2D eigenvalue weighted by Gasteiger charge is -2.31. The molecule has 4 aromatic rings. The molecular formula is C68H96ClN17O13. The number of urea groups is 1. The molecule has 5 rings (SSSR count). The second kappa shape index (κ2) is 38.8. The van der Waals surface area contributed by atoms with E-state index in [2.05, 4.69) is 63.1 Å². The molecule has 3 aromatic carbocycles. The van der Waals surface area contributed by atoms with Crippen LogP contribution in [0.1, 0.15) is 117 Å². The Morgan fingerprint density at radius 1 is 0.606 bits per heavy atom. The van der Waals surface area contributed by atoms with E-state index in [0.29, 0.717) is 28.1 Å². The van der Waals surface area contributed by atoms with Crippen molar-refractivity contribution in [3.05, 3.63) is 113 Å². The summed E-state index contributed by atoms with van der Waals surface area (Å²) in [7, 11) is 0. The maximum atomic E-state index is 14.8. The van der Waals surface area contributed by atoms with Gasteiger partial charge in [0.25, 0.3) is 0 Å². The van der Waals surface area contributed by atoms with Crippen molar-refractivity contribution in [3.63, 3.8) is 0 Å². The van der Waals surface area contributed by atoms with Crippen LogP contribution in [-0.4, -0.2) is 179 Å². The zero-order valence-corrected chi connectivity index (χ0v) is 57.7. The number of likely N-dealkylation sites (tertiary alicyclic amines) is 1. The van der Waals surface area contributed by atoms with Crippen molar-refractivity contribution < 1.29 is 62.6 Å². The summed E-state index contributed by atoms with van der Waals surface area (Å²) in [5.74, 6) is -9.25. The number of aliphatic hydroxyl groups excluding tert-OH is 1. The van der Waals surface area contributed by atoms with Crippen LogP contribution in [0.5, 0.6) is 0 Å². The van der Waals surface area contributed by atoms with E-state index < -0.39 is 143 Å². The quantitative estimate of drug-likeness (QED) is 0.0158. The van der Waals surface area contributed by atoms with Gasteiger partial charge in [0.2, 0.25) is 65.0 Å². The standard InChI is InChI=1S/C68H96ClN17O13/c1-38(2)30-49(58(91)80-48(18-12-27-75-66(71)72)65(98)86-29-13-19-55(86)64(97)77-39(3)56(70)89)81-57(90)47(17-11-28-76-67(73)99)79-62(95)53(35-68(5,6)7)84-63(96)54(37-87)85-61(94)52(34-43-14-10-26-74-36-43)83-60(93)51(32-41-21-24-46(69)25-22-41)82-59(92)50(78-40(4)88)33-42-20-23-44-15-8-9-16-45(44)31-42/h8-10,14-16,20-26,31,36,38-39,47-55,87H,11-13,17-19,27-30,32-35,37H2,1-7H3,(H2,70,89)(H,77,97)(H,78,88)(H,79,95)(H,80,91)(H,81,90)(H,82,92)(H,83,93)(H,84,96)(H,85,94)(H4,71,72,75)(H3,73,76,99)/t39-,47-,48+,49+,50-,51-,52-,53+,54+,55+/m1/s1. The van der Waals surface area contributed by atoms with Gasteiger partial charge in [-0.25, -0.2) is 4.79 Å². The Hall–Kier alpha value is -9.97. The van der Waals surface area contributed by atoms with Gasteiger partial charge in [0.05, 0.1) is 6.61 Å². The van der Waals surface area contributed by atoms with Crippen molar-refractivity contribution in [2.24, 2.45) is 39.3 Å². The zero-order valence-electron chi connectivity index (χ0n) is 57.0. The van der Waals surface area contributed by atoms with E-state index in [1.165, 1.54) is 31.1 Å². The fraction of sp³-hybridized carbons (Fsp3) is 0.500. The molecule has 31 heteroatoms. The van der Waals surface area contributed by atoms with Crippen molar-refractivity contribution in [3.8, 4) is 0 Å². The molecule has 1 aromatic heterocycles. The molecule has 0 saturated carbocycles. The molecule has 0 bridgehead atoms. The SMILES string of the molecule is CC(=O)N[C@H](Cc1ccc2ccccc2c1)C(=O)N[C@H](Cc1ccc(Cl)cc1)C(=O)N[C@H](Cc1cccnc1)C(=O)N[C@@H](CO)C(=O)N[C@@H](CC(C)(C)C)C(=O)N[C@H](CCCNC(N)=O)C(=O)N[C@@H](CC(C)C)C(=O)N[C@@H](CCCN=C(N)N)C(=O)N1CCC[C@H]1C(=O)N[C@H](C)C(N)=O.